The van der Waals surface area contributed by atoms with Gasteiger partial charge < -0.3 is 0 Å². The van der Waals surface area contributed by atoms with Crippen LogP contribution >= 0.6 is 15.9 Å². The van der Waals surface area contributed by atoms with Crippen molar-refractivity contribution in [2.45, 2.75) is 13.1 Å². The molecule has 2 aromatic rings. The Morgan fingerprint density at radius 1 is 0.842 bits per heavy atom. The van der Waals surface area contributed by atoms with Crippen molar-refractivity contribution >= 4 is 15.9 Å². The highest BCUT2D eigenvalue weighted by Gasteiger charge is 2.07. The summed E-state index contributed by atoms with van der Waals surface area (Å²) in [7, 11) is 0. The van der Waals surface area contributed by atoms with Gasteiger partial charge in [-0.25, -0.2) is 0 Å². The van der Waals surface area contributed by atoms with Gasteiger partial charge in [0.25, 0.3) is 0 Å². The minimum absolute atomic E-state index is 0.851. The molecule has 0 fully saturated rings. The molecule has 98 valence electrons. The predicted molar refractivity (Wildman–Crippen MR) is 85.1 cm³/mol. The van der Waals surface area contributed by atoms with Gasteiger partial charge in [-0.1, -0.05) is 83.2 Å². The van der Waals surface area contributed by atoms with E-state index in [1.54, 1.807) is 0 Å². The zero-order valence-corrected chi connectivity index (χ0v) is 12.5. The van der Waals surface area contributed by atoms with E-state index in [1.807, 2.05) is 0 Å². The first-order valence-corrected chi connectivity index (χ1v) is 7.17. The zero-order valence-electron chi connectivity index (χ0n) is 10.9. The molecular weight excluding hydrogens is 298 g/mol. The summed E-state index contributed by atoms with van der Waals surface area (Å²) in [5.41, 5.74) is 2.65. The fourth-order valence-electron chi connectivity index (χ4n) is 2.09. The van der Waals surface area contributed by atoms with Crippen molar-refractivity contribution in [1.29, 1.82) is 0 Å². The van der Waals surface area contributed by atoms with E-state index in [1.165, 1.54) is 11.1 Å². The van der Waals surface area contributed by atoms with Gasteiger partial charge in [-0.05, 0) is 11.1 Å². The number of rotatable bonds is 6. The lowest BCUT2D eigenvalue weighted by Gasteiger charge is -2.22. The van der Waals surface area contributed by atoms with Gasteiger partial charge in [-0.2, -0.15) is 0 Å². The van der Waals surface area contributed by atoms with Crippen LogP contribution in [0.25, 0.3) is 0 Å². The minimum atomic E-state index is 0.851. The Bertz CT molecular complexity index is 466. The van der Waals surface area contributed by atoms with Crippen LogP contribution < -0.4 is 0 Å². The van der Waals surface area contributed by atoms with E-state index in [4.69, 9.17) is 0 Å². The predicted octanol–water partition coefficient (Wildman–Crippen LogP) is 4.60. The van der Waals surface area contributed by atoms with Crippen molar-refractivity contribution in [1.82, 2.24) is 4.90 Å². The summed E-state index contributed by atoms with van der Waals surface area (Å²) >= 11 is 3.47. The molecule has 19 heavy (non-hydrogen) atoms. The highest BCUT2D eigenvalue weighted by atomic mass is 79.9. The quantitative estimate of drug-likeness (QED) is 0.753. The van der Waals surface area contributed by atoms with Crippen LogP contribution in [0.3, 0.4) is 0 Å². The first-order valence-electron chi connectivity index (χ1n) is 6.37. The van der Waals surface area contributed by atoms with Crippen LogP contribution in [0, 0.1) is 0 Å². The van der Waals surface area contributed by atoms with Crippen molar-refractivity contribution in [3.63, 3.8) is 0 Å². The molecule has 0 aliphatic rings. The second-order valence-corrected chi connectivity index (χ2v) is 5.76. The zero-order chi connectivity index (χ0) is 13.5. The van der Waals surface area contributed by atoms with Crippen LogP contribution in [0.4, 0.5) is 0 Å². The average molecular weight is 316 g/mol. The monoisotopic (exact) mass is 315 g/mol. The summed E-state index contributed by atoms with van der Waals surface area (Å²) in [6.07, 6.45) is 0. The van der Waals surface area contributed by atoms with Crippen molar-refractivity contribution in [2.75, 3.05) is 6.54 Å². The molecule has 0 saturated heterocycles. The summed E-state index contributed by atoms with van der Waals surface area (Å²) in [6.45, 7) is 6.67. The Kier molecular flexibility index (Phi) is 5.37. The first kappa shape index (κ1) is 14.0. The lowest BCUT2D eigenvalue weighted by molar-refractivity contribution is 0.285. The summed E-state index contributed by atoms with van der Waals surface area (Å²) < 4.78 is 1.01. The molecule has 0 heterocycles. The molecule has 0 spiro atoms. The SMILES string of the molecule is C=C(Br)CN(Cc1ccccc1)Cc1ccccc1. The average Bonchev–Trinajstić information content (AvgIpc) is 2.40. The van der Waals surface area contributed by atoms with Crippen molar-refractivity contribution in [3.05, 3.63) is 82.9 Å². The van der Waals surface area contributed by atoms with Crippen LogP contribution in [0.5, 0.6) is 0 Å². The number of hydrogen-bond donors (Lipinski definition) is 0. The lowest BCUT2D eigenvalue weighted by atomic mass is 10.1. The van der Waals surface area contributed by atoms with E-state index in [2.05, 4.69) is 88.1 Å². The standard InChI is InChI=1S/C17H18BrN/c1-15(18)12-19(13-16-8-4-2-5-9-16)14-17-10-6-3-7-11-17/h2-11H,1,12-14H2. The second kappa shape index (κ2) is 7.27. The molecule has 0 N–H and O–H groups in total. The summed E-state index contributed by atoms with van der Waals surface area (Å²) in [4.78, 5) is 2.38. The molecule has 0 radical (unpaired) electrons. The van der Waals surface area contributed by atoms with E-state index in [0.29, 0.717) is 0 Å². The molecule has 0 amide bonds. The fraction of sp³-hybridized carbons (Fsp3) is 0.176. The molecule has 0 unspecified atom stereocenters. The summed E-state index contributed by atoms with van der Waals surface area (Å²) in [5.74, 6) is 0. The van der Waals surface area contributed by atoms with Crippen LogP contribution in [-0.4, -0.2) is 11.4 Å². The Morgan fingerprint density at radius 2 is 1.26 bits per heavy atom. The fourth-order valence-corrected chi connectivity index (χ4v) is 2.45. The van der Waals surface area contributed by atoms with Crippen LogP contribution in [0.1, 0.15) is 11.1 Å². The highest BCUT2D eigenvalue weighted by Crippen LogP contribution is 2.13. The molecule has 2 heteroatoms. The number of benzene rings is 2. The second-order valence-electron chi connectivity index (χ2n) is 4.63. The molecule has 2 aromatic carbocycles. The smallest absolute Gasteiger partial charge is 0.0300 e. The van der Waals surface area contributed by atoms with Crippen LogP contribution in [0.2, 0.25) is 0 Å². The third-order valence-electron chi connectivity index (χ3n) is 2.89. The minimum Gasteiger partial charge on any atom is -0.290 e. The molecule has 1 nitrogen and oxygen atoms in total. The Hall–Kier alpha value is -1.38. The largest absolute Gasteiger partial charge is 0.290 e. The third kappa shape index (κ3) is 5.01. The molecule has 0 bridgehead atoms. The van der Waals surface area contributed by atoms with Gasteiger partial charge in [-0.3, -0.25) is 4.90 Å². The molecule has 2 rings (SSSR count). The van der Waals surface area contributed by atoms with Crippen molar-refractivity contribution in [3.8, 4) is 0 Å². The van der Waals surface area contributed by atoms with Crippen molar-refractivity contribution in [2.24, 2.45) is 0 Å². The Labute approximate surface area is 123 Å². The summed E-state index contributed by atoms with van der Waals surface area (Å²) in [6, 6.07) is 21.1. The van der Waals surface area contributed by atoms with Gasteiger partial charge in [0, 0.05) is 24.1 Å². The van der Waals surface area contributed by atoms with Gasteiger partial charge in [0.15, 0.2) is 0 Å². The molecule has 0 aliphatic heterocycles. The maximum Gasteiger partial charge on any atom is 0.0300 e. The normalized spacial score (nSPS) is 10.6. The van der Waals surface area contributed by atoms with Crippen LogP contribution in [-0.2, 0) is 13.1 Å². The molecular formula is C17H18BrN. The lowest BCUT2D eigenvalue weighted by Crippen LogP contribution is -2.24. The summed E-state index contributed by atoms with van der Waals surface area (Å²) in [5, 5.41) is 0. The Balaban J connectivity index is 2.06. The topological polar surface area (TPSA) is 3.24 Å². The van der Waals surface area contributed by atoms with Gasteiger partial charge in [0.2, 0.25) is 0 Å². The van der Waals surface area contributed by atoms with Gasteiger partial charge in [-0.15, -0.1) is 0 Å². The molecule has 0 aromatic heterocycles. The maximum atomic E-state index is 3.95. The molecule has 0 atom stereocenters. The van der Waals surface area contributed by atoms with Gasteiger partial charge in [0.05, 0.1) is 0 Å². The van der Waals surface area contributed by atoms with Gasteiger partial charge in [0.1, 0.15) is 0 Å². The molecule has 0 aliphatic carbocycles. The first-order chi connectivity index (χ1) is 9.24. The van der Waals surface area contributed by atoms with E-state index < -0.39 is 0 Å². The maximum absolute atomic E-state index is 3.95. The van der Waals surface area contributed by atoms with E-state index in [9.17, 15) is 0 Å². The third-order valence-corrected chi connectivity index (χ3v) is 3.14. The van der Waals surface area contributed by atoms with Crippen LogP contribution in [0.15, 0.2) is 71.7 Å². The Morgan fingerprint density at radius 3 is 1.63 bits per heavy atom. The molecule has 0 saturated carbocycles. The number of halogens is 1. The van der Waals surface area contributed by atoms with E-state index >= 15 is 0 Å². The van der Waals surface area contributed by atoms with E-state index in [0.717, 1.165) is 24.1 Å². The van der Waals surface area contributed by atoms with Gasteiger partial charge >= 0.3 is 0 Å². The van der Waals surface area contributed by atoms with E-state index in [-0.39, 0.29) is 0 Å². The van der Waals surface area contributed by atoms with Crippen molar-refractivity contribution < 1.29 is 0 Å². The highest BCUT2D eigenvalue weighted by molar-refractivity contribution is 9.11. The number of hydrogen-bond acceptors (Lipinski definition) is 1. The number of nitrogens with zero attached hydrogens (tertiary/aromatic N) is 1.